The summed E-state index contributed by atoms with van der Waals surface area (Å²) in [5, 5.41) is 14.8. The van der Waals surface area contributed by atoms with E-state index in [1.54, 1.807) is 0 Å². The maximum absolute atomic E-state index is 9.10. The van der Waals surface area contributed by atoms with Gasteiger partial charge in [-0.25, -0.2) is 9.59 Å². The molecule has 6 heteroatoms. The molecule has 0 spiro atoms. The lowest BCUT2D eigenvalue weighted by atomic mass is 10.1. The van der Waals surface area contributed by atoms with Crippen LogP contribution in [0.1, 0.15) is 50.6 Å². The molecule has 0 saturated carbocycles. The summed E-state index contributed by atoms with van der Waals surface area (Å²) in [6.45, 7) is 2.27. The molecular weight excluding hydrogens is 284 g/mol. The highest BCUT2D eigenvalue weighted by molar-refractivity contribution is 6.27. The molecule has 1 aromatic rings. The van der Waals surface area contributed by atoms with Crippen molar-refractivity contribution in [2.24, 2.45) is 0 Å². The highest BCUT2D eigenvalue weighted by Gasteiger charge is 2.30. The molecule has 1 aromatic heterocycles. The van der Waals surface area contributed by atoms with Crippen molar-refractivity contribution in [1.82, 2.24) is 9.88 Å². The molecule has 1 aliphatic rings. The maximum Gasteiger partial charge on any atom is 0.414 e. The van der Waals surface area contributed by atoms with Gasteiger partial charge in [0.15, 0.2) is 0 Å². The van der Waals surface area contributed by atoms with Gasteiger partial charge in [0, 0.05) is 24.5 Å². The molecule has 2 N–H and O–H groups in total. The lowest BCUT2D eigenvalue weighted by molar-refractivity contribution is -0.159. The van der Waals surface area contributed by atoms with E-state index in [1.807, 2.05) is 18.5 Å². The van der Waals surface area contributed by atoms with Crippen LogP contribution >= 0.6 is 0 Å². The summed E-state index contributed by atoms with van der Waals surface area (Å²) in [4.78, 5) is 25.0. The quantitative estimate of drug-likeness (QED) is 0.831. The first-order valence-electron chi connectivity index (χ1n) is 7.55. The molecule has 22 heavy (non-hydrogen) atoms. The zero-order valence-corrected chi connectivity index (χ0v) is 13.1. The van der Waals surface area contributed by atoms with Crippen LogP contribution in [-0.2, 0) is 9.59 Å². The standard InChI is InChI=1S/C14H22N2.C2H2O4/c1-3-4-7-13-8-9-14(16(13)2)12-6-5-10-15-11-12;3-1(4)2(5)6/h5-6,10-11,13-14H,3-4,7-9H2,1-2H3;(H,3,4)(H,5,6)/t13?,14-;/m0./s1. The highest BCUT2D eigenvalue weighted by atomic mass is 16.4. The van der Waals surface area contributed by atoms with Crippen LogP contribution in [0.15, 0.2) is 24.5 Å². The van der Waals surface area contributed by atoms with Crippen molar-refractivity contribution >= 4 is 11.9 Å². The number of pyridine rings is 1. The summed E-state index contributed by atoms with van der Waals surface area (Å²) in [5.74, 6) is -3.65. The van der Waals surface area contributed by atoms with Gasteiger partial charge in [-0.3, -0.25) is 9.88 Å². The SMILES string of the molecule is CCCCC1CC[C@@H](c2cccnc2)N1C.O=C(O)C(=O)O. The Bertz CT molecular complexity index is 466. The molecule has 0 radical (unpaired) electrons. The molecule has 2 atom stereocenters. The number of unbranched alkanes of at least 4 members (excludes halogenated alkanes) is 1. The number of likely N-dealkylation sites (tertiary alicyclic amines) is 1. The van der Waals surface area contributed by atoms with Crippen molar-refractivity contribution in [2.75, 3.05) is 7.05 Å². The zero-order chi connectivity index (χ0) is 16.5. The first-order chi connectivity index (χ1) is 10.5. The lowest BCUT2D eigenvalue weighted by Gasteiger charge is -2.25. The second-order valence-corrected chi connectivity index (χ2v) is 5.45. The first kappa shape index (κ1) is 18.1. The van der Waals surface area contributed by atoms with Gasteiger partial charge < -0.3 is 10.2 Å². The monoisotopic (exact) mass is 308 g/mol. The van der Waals surface area contributed by atoms with Crippen molar-refractivity contribution in [3.8, 4) is 0 Å². The maximum atomic E-state index is 9.10. The van der Waals surface area contributed by atoms with Gasteiger partial charge in [-0.15, -0.1) is 0 Å². The first-order valence-corrected chi connectivity index (χ1v) is 7.55. The topological polar surface area (TPSA) is 90.7 Å². The molecule has 0 aromatic carbocycles. The predicted octanol–water partition coefficient (Wildman–Crippen LogP) is 2.56. The number of hydrogen-bond donors (Lipinski definition) is 2. The molecule has 6 nitrogen and oxygen atoms in total. The Balaban J connectivity index is 0.000000346. The van der Waals surface area contributed by atoms with Crippen LogP contribution in [0, 0.1) is 0 Å². The third-order valence-electron chi connectivity index (χ3n) is 3.98. The van der Waals surface area contributed by atoms with E-state index in [1.165, 1.54) is 37.7 Å². The van der Waals surface area contributed by atoms with E-state index < -0.39 is 11.9 Å². The van der Waals surface area contributed by atoms with Gasteiger partial charge in [0.1, 0.15) is 0 Å². The molecule has 1 fully saturated rings. The Morgan fingerprint density at radius 2 is 2.00 bits per heavy atom. The third kappa shape index (κ3) is 5.44. The van der Waals surface area contributed by atoms with E-state index in [2.05, 4.69) is 29.9 Å². The van der Waals surface area contributed by atoms with Crippen LogP contribution in [0.25, 0.3) is 0 Å². The summed E-state index contributed by atoms with van der Waals surface area (Å²) < 4.78 is 0. The average molecular weight is 308 g/mol. The molecule has 2 rings (SSSR count). The number of aliphatic carboxylic acids is 2. The van der Waals surface area contributed by atoms with Crippen molar-refractivity contribution in [3.05, 3.63) is 30.1 Å². The van der Waals surface area contributed by atoms with E-state index in [0.29, 0.717) is 6.04 Å². The predicted molar refractivity (Wildman–Crippen MR) is 82.6 cm³/mol. The van der Waals surface area contributed by atoms with Crippen molar-refractivity contribution < 1.29 is 19.8 Å². The molecule has 1 saturated heterocycles. The van der Waals surface area contributed by atoms with Gasteiger partial charge in [-0.1, -0.05) is 25.8 Å². The summed E-state index contributed by atoms with van der Waals surface area (Å²) in [7, 11) is 2.27. The summed E-state index contributed by atoms with van der Waals surface area (Å²) in [5.41, 5.74) is 1.38. The largest absolute Gasteiger partial charge is 0.473 e. The molecule has 0 bridgehead atoms. The minimum atomic E-state index is -1.82. The number of carboxylic acids is 2. The van der Waals surface area contributed by atoms with E-state index in [4.69, 9.17) is 19.8 Å². The Kier molecular flexibility index (Phi) is 7.52. The smallest absolute Gasteiger partial charge is 0.414 e. The van der Waals surface area contributed by atoms with Crippen LogP contribution in [0.2, 0.25) is 0 Å². The average Bonchev–Trinajstić information content (AvgIpc) is 2.87. The minimum Gasteiger partial charge on any atom is -0.473 e. The van der Waals surface area contributed by atoms with E-state index >= 15 is 0 Å². The molecule has 2 heterocycles. The van der Waals surface area contributed by atoms with Crippen molar-refractivity contribution in [3.63, 3.8) is 0 Å². The molecule has 0 amide bonds. The van der Waals surface area contributed by atoms with E-state index in [9.17, 15) is 0 Å². The Labute approximate surface area is 130 Å². The fourth-order valence-electron chi connectivity index (χ4n) is 2.77. The van der Waals surface area contributed by atoms with Gasteiger partial charge in [0.2, 0.25) is 0 Å². The molecule has 0 aliphatic carbocycles. The number of rotatable bonds is 4. The Morgan fingerprint density at radius 1 is 1.32 bits per heavy atom. The van der Waals surface area contributed by atoms with Gasteiger partial charge >= 0.3 is 11.9 Å². The number of carbonyl (C=O) groups is 2. The number of aromatic nitrogens is 1. The van der Waals surface area contributed by atoms with Crippen LogP contribution in [0.3, 0.4) is 0 Å². The van der Waals surface area contributed by atoms with E-state index in [-0.39, 0.29) is 0 Å². The van der Waals surface area contributed by atoms with Crippen LogP contribution in [0.4, 0.5) is 0 Å². The van der Waals surface area contributed by atoms with E-state index in [0.717, 1.165) is 6.04 Å². The second kappa shape index (κ2) is 9.15. The lowest BCUT2D eigenvalue weighted by Crippen LogP contribution is -2.27. The number of hydrogen-bond acceptors (Lipinski definition) is 4. The fourth-order valence-corrected chi connectivity index (χ4v) is 2.77. The van der Waals surface area contributed by atoms with Crippen LogP contribution < -0.4 is 0 Å². The molecule has 122 valence electrons. The van der Waals surface area contributed by atoms with Crippen LogP contribution in [-0.4, -0.2) is 45.1 Å². The van der Waals surface area contributed by atoms with Gasteiger partial charge in [0.05, 0.1) is 0 Å². The minimum absolute atomic E-state index is 0.593. The highest BCUT2D eigenvalue weighted by Crippen LogP contribution is 2.35. The van der Waals surface area contributed by atoms with Crippen molar-refractivity contribution in [1.29, 1.82) is 0 Å². The summed E-state index contributed by atoms with van der Waals surface area (Å²) in [6, 6.07) is 5.62. The number of carboxylic acid groups (broad SMARTS) is 2. The van der Waals surface area contributed by atoms with Gasteiger partial charge in [-0.05, 0) is 37.9 Å². The zero-order valence-electron chi connectivity index (χ0n) is 13.1. The van der Waals surface area contributed by atoms with Crippen LogP contribution in [0.5, 0.6) is 0 Å². The summed E-state index contributed by atoms with van der Waals surface area (Å²) in [6.07, 6.45) is 10.5. The third-order valence-corrected chi connectivity index (χ3v) is 3.98. The molecule has 1 unspecified atom stereocenters. The number of nitrogens with zero attached hydrogens (tertiary/aromatic N) is 2. The Morgan fingerprint density at radius 3 is 2.50 bits per heavy atom. The molecular formula is C16H24N2O4. The summed E-state index contributed by atoms with van der Waals surface area (Å²) >= 11 is 0. The normalized spacial score (nSPS) is 21.0. The molecule has 1 aliphatic heterocycles. The fraction of sp³-hybridized carbons (Fsp3) is 0.562. The van der Waals surface area contributed by atoms with Gasteiger partial charge in [-0.2, -0.15) is 0 Å². The second-order valence-electron chi connectivity index (χ2n) is 5.45. The van der Waals surface area contributed by atoms with Crippen molar-refractivity contribution in [2.45, 2.75) is 51.1 Å². The van der Waals surface area contributed by atoms with Gasteiger partial charge in [0.25, 0.3) is 0 Å². The Hall–Kier alpha value is -1.95.